The standard InChI is InChI=1S/C18H37N5O/c1-4-22-11-13-23(14-12-22)10-6-5-9-20-17(19-3)21-16-18(2)8-7-15-24-18/h4-16H2,1-3H3,(H2,19,20,21). The fraction of sp³-hybridized carbons (Fsp3) is 0.944. The number of nitrogens with one attached hydrogen (secondary N) is 2. The topological polar surface area (TPSA) is 52.1 Å². The van der Waals surface area contributed by atoms with E-state index in [0.29, 0.717) is 0 Å². The summed E-state index contributed by atoms with van der Waals surface area (Å²) in [6, 6.07) is 0. The van der Waals surface area contributed by atoms with Gasteiger partial charge in [-0.3, -0.25) is 4.99 Å². The molecule has 0 spiro atoms. The molecule has 0 aromatic heterocycles. The van der Waals surface area contributed by atoms with Crippen LogP contribution in [0.25, 0.3) is 0 Å². The van der Waals surface area contributed by atoms with E-state index in [9.17, 15) is 0 Å². The molecule has 2 fully saturated rings. The van der Waals surface area contributed by atoms with E-state index in [4.69, 9.17) is 4.74 Å². The summed E-state index contributed by atoms with van der Waals surface area (Å²) in [6.45, 7) is 14.4. The van der Waals surface area contributed by atoms with E-state index in [1.54, 1.807) is 0 Å². The quantitative estimate of drug-likeness (QED) is 0.395. The van der Waals surface area contributed by atoms with Crippen molar-refractivity contribution in [1.82, 2.24) is 20.4 Å². The van der Waals surface area contributed by atoms with E-state index in [0.717, 1.165) is 38.5 Å². The van der Waals surface area contributed by atoms with Gasteiger partial charge in [0.2, 0.25) is 0 Å². The first kappa shape index (κ1) is 19.5. The average Bonchev–Trinajstić information content (AvgIpc) is 3.04. The van der Waals surface area contributed by atoms with Crippen molar-refractivity contribution in [2.24, 2.45) is 4.99 Å². The number of unbranched alkanes of at least 4 members (excludes halogenated alkanes) is 1. The molecule has 24 heavy (non-hydrogen) atoms. The Balaban J connectivity index is 1.51. The molecule has 2 N–H and O–H groups in total. The largest absolute Gasteiger partial charge is 0.373 e. The van der Waals surface area contributed by atoms with Gasteiger partial charge in [0.1, 0.15) is 0 Å². The number of ether oxygens (including phenoxy) is 1. The molecule has 0 bridgehead atoms. The minimum atomic E-state index is -0.0295. The molecule has 0 aromatic carbocycles. The van der Waals surface area contributed by atoms with Crippen molar-refractivity contribution in [2.75, 3.05) is 66.0 Å². The predicted octanol–water partition coefficient (Wildman–Crippen LogP) is 1.14. The molecule has 0 radical (unpaired) electrons. The van der Waals surface area contributed by atoms with Gasteiger partial charge >= 0.3 is 0 Å². The summed E-state index contributed by atoms with van der Waals surface area (Å²) in [7, 11) is 1.83. The first-order valence-electron chi connectivity index (χ1n) is 9.68. The zero-order valence-corrected chi connectivity index (χ0v) is 15.9. The number of hydrogen-bond donors (Lipinski definition) is 2. The van der Waals surface area contributed by atoms with Crippen LogP contribution >= 0.6 is 0 Å². The minimum absolute atomic E-state index is 0.0295. The highest BCUT2D eigenvalue weighted by molar-refractivity contribution is 5.79. The molecule has 2 saturated heterocycles. The second kappa shape index (κ2) is 10.2. The Hall–Kier alpha value is -0.850. The molecular formula is C18H37N5O. The van der Waals surface area contributed by atoms with Crippen molar-refractivity contribution >= 4 is 5.96 Å². The number of likely N-dealkylation sites (N-methyl/N-ethyl adjacent to an activating group) is 1. The molecule has 140 valence electrons. The van der Waals surface area contributed by atoms with Gasteiger partial charge in [0.25, 0.3) is 0 Å². The summed E-state index contributed by atoms with van der Waals surface area (Å²) in [5.74, 6) is 0.892. The summed E-state index contributed by atoms with van der Waals surface area (Å²) in [5, 5.41) is 6.82. The Kier molecular flexibility index (Phi) is 8.29. The third-order valence-electron chi connectivity index (χ3n) is 5.26. The van der Waals surface area contributed by atoms with Crippen LogP contribution < -0.4 is 10.6 Å². The molecule has 0 saturated carbocycles. The molecule has 0 aliphatic carbocycles. The van der Waals surface area contributed by atoms with E-state index in [1.165, 1.54) is 52.1 Å². The van der Waals surface area contributed by atoms with Crippen molar-refractivity contribution < 1.29 is 4.74 Å². The highest BCUT2D eigenvalue weighted by Crippen LogP contribution is 2.23. The lowest BCUT2D eigenvalue weighted by molar-refractivity contribution is 0.0243. The van der Waals surface area contributed by atoms with Gasteiger partial charge in [-0.05, 0) is 45.7 Å². The molecule has 6 heteroatoms. The Morgan fingerprint density at radius 2 is 1.88 bits per heavy atom. The molecule has 6 nitrogen and oxygen atoms in total. The summed E-state index contributed by atoms with van der Waals surface area (Å²) in [4.78, 5) is 9.43. The third kappa shape index (κ3) is 6.57. The van der Waals surface area contributed by atoms with Gasteiger partial charge in [-0.2, -0.15) is 0 Å². The highest BCUT2D eigenvalue weighted by Gasteiger charge is 2.29. The van der Waals surface area contributed by atoms with Crippen molar-refractivity contribution in [3.63, 3.8) is 0 Å². The molecule has 1 atom stereocenters. The smallest absolute Gasteiger partial charge is 0.191 e. The monoisotopic (exact) mass is 339 g/mol. The van der Waals surface area contributed by atoms with Gasteiger partial charge in [0, 0.05) is 52.9 Å². The highest BCUT2D eigenvalue weighted by atomic mass is 16.5. The van der Waals surface area contributed by atoms with Gasteiger partial charge in [0.15, 0.2) is 5.96 Å². The van der Waals surface area contributed by atoms with Crippen LogP contribution in [0.15, 0.2) is 4.99 Å². The number of nitrogens with zero attached hydrogens (tertiary/aromatic N) is 3. The lowest BCUT2D eigenvalue weighted by Gasteiger charge is -2.34. The van der Waals surface area contributed by atoms with E-state index < -0.39 is 0 Å². The van der Waals surface area contributed by atoms with Gasteiger partial charge < -0.3 is 25.2 Å². The number of piperazine rings is 1. The molecule has 0 aromatic rings. The molecule has 2 rings (SSSR count). The summed E-state index contributed by atoms with van der Waals surface area (Å²) >= 11 is 0. The van der Waals surface area contributed by atoms with Crippen LogP contribution in [0, 0.1) is 0 Å². The number of rotatable bonds is 8. The lowest BCUT2D eigenvalue weighted by Crippen LogP contribution is -2.46. The summed E-state index contributed by atoms with van der Waals surface area (Å²) < 4.78 is 5.81. The van der Waals surface area contributed by atoms with E-state index in [2.05, 4.69) is 39.3 Å². The van der Waals surface area contributed by atoms with Crippen LogP contribution in [0.4, 0.5) is 0 Å². The van der Waals surface area contributed by atoms with Gasteiger partial charge in [0.05, 0.1) is 5.60 Å². The molecule has 2 aliphatic heterocycles. The maximum Gasteiger partial charge on any atom is 0.191 e. The van der Waals surface area contributed by atoms with Gasteiger partial charge in [-0.15, -0.1) is 0 Å². The first-order chi connectivity index (χ1) is 11.6. The Morgan fingerprint density at radius 3 is 2.50 bits per heavy atom. The van der Waals surface area contributed by atoms with Crippen LogP contribution in [0.1, 0.15) is 39.5 Å². The summed E-state index contributed by atoms with van der Waals surface area (Å²) in [5.41, 5.74) is -0.0295. The van der Waals surface area contributed by atoms with Crippen molar-refractivity contribution in [3.8, 4) is 0 Å². The van der Waals surface area contributed by atoms with Gasteiger partial charge in [-0.1, -0.05) is 6.92 Å². The second-order valence-electron chi connectivity index (χ2n) is 7.24. The summed E-state index contributed by atoms with van der Waals surface area (Å²) in [6.07, 6.45) is 4.72. The van der Waals surface area contributed by atoms with E-state index in [1.807, 2.05) is 7.05 Å². The lowest BCUT2D eigenvalue weighted by atomic mass is 10.0. The minimum Gasteiger partial charge on any atom is -0.373 e. The Labute approximate surface area is 148 Å². The normalized spacial score (nSPS) is 26.7. The van der Waals surface area contributed by atoms with Gasteiger partial charge in [-0.25, -0.2) is 0 Å². The van der Waals surface area contributed by atoms with Crippen molar-refractivity contribution in [1.29, 1.82) is 0 Å². The second-order valence-corrected chi connectivity index (χ2v) is 7.24. The third-order valence-corrected chi connectivity index (χ3v) is 5.26. The van der Waals surface area contributed by atoms with Crippen molar-refractivity contribution in [2.45, 2.75) is 45.1 Å². The molecular weight excluding hydrogens is 302 g/mol. The van der Waals surface area contributed by atoms with E-state index in [-0.39, 0.29) is 5.60 Å². The van der Waals surface area contributed by atoms with Crippen LogP contribution in [-0.4, -0.2) is 87.4 Å². The first-order valence-corrected chi connectivity index (χ1v) is 9.68. The fourth-order valence-corrected chi connectivity index (χ4v) is 3.46. The van der Waals surface area contributed by atoms with Crippen molar-refractivity contribution in [3.05, 3.63) is 0 Å². The SMILES string of the molecule is CCN1CCN(CCCCNC(=NC)NCC2(C)CCCO2)CC1. The molecule has 1 unspecified atom stereocenters. The van der Waals surface area contributed by atoms with Crippen LogP contribution in [0.3, 0.4) is 0 Å². The maximum absolute atomic E-state index is 5.81. The zero-order chi connectivity index (χ0) is 17.3. The van der Waals surface area contributed by atoms with E-state index >= 15 is 0 Å². The Bertz CT molecular complexity index is 374. The fourth-order valence-electron chi connectivity index (χ4n) is 3.46. The van der Waals surface area contributed by atoms with Crippen LogP contribution in [0.2, 0.25) is 0 Å². The zero-order valence-electron chi connectivity index (χ0n) is 15.9. The number of guanidine groups is 1. The average molecular weight is 340 g/mol. The van der Waals surface area contributed by atoms with Crippen LogP contribution in [0.5, 0.6) is 0 Å². The Morgan fingerprint density at radius 1 is 1.12 bits per heavy atom. The molecule has 0 amide bonds. The maximum atomic E-state index is 5.81. The number of aliphatic imine (C=N–C) groups is 1. The molecule has 2 aliphatic rings. The number of hydrogen-bond acceptors (Lipinski definition) is 4. The van der Waals surface area contributed by atoms with Crippen LogP contribution in [-0.2, 0) is 4.74 Å². The molecule has 2 heterocycles. The predicted molar refractivity (Wildman–Crippen MR) is 101 cm³/mol.